The van der Waals surface area contributed by atoms with E-state index >= 15 is 0 Å². The SMILES string of the molecule is CCC1CCCC(CO)(NCc2cccs2)CC1. The number of nitrogens with one attached hydrogen (secondary N) is 1. The van der Waals surface area contributed by atoms with Crippen molar-refractivity contribution in [3.05, 3.63) is 22.4 Å². The standard InChI is InChI=1S/C15H25NOS/c1-2-13-5-3-8-15(12-17,9-7-13)16-11-14-6-4-10-18-14/h4,6,10,13,16-17H,2-3,5,7-9,11-12H2,1H3. The van der Waals surface area contributed by atoms with Gasteiger partial charge in [0.05, 0.1) is 6.61 Å². The summed E-state index contributed by atoms with van der Waals surface area (Å²) < 4.78 is 0. The summed E-state index contributed by atoms with van der Waals surface area (Å²) in [5.41, 5.74) is -0.0338. The van der Waals surface area contributed by atoms with Crippen LogP contribution in [0.4, 0.5) is 0 Å². The summed E-state index contributed by atoms with van der Waals surface area (Å²) >= 11 is 1.79. The Labute approximate surface area is 114 Å². The van der Waals surface area contributed by atoms with Gasteiger partial charge in [0.25, 0.3) is 0 Å². The fourth-order valence-corrected chi connectivity index (χ4v) is 3.61. The molecule has 1 aromatic heterocycles. The third-order valence-electron chi connectivity index (χ3n) is 4.40. The van der Waals surface area contributed by atoms with Crippen LogP contribution in [0, 0.1) is 5.92 Å². The molecule has 18 heavy (non-hydrogen) atoms. The van der Waals surface area contributed by atoms with Gasteiger partial charge in [0.2, 0.25) is 0 Å². The van der Waals surface area contributed by atoms with Gasteiger partial charge in [-0.15, -0.1) is 11.3 Å². The Kier molecular flexibility index (Phi) is 5.22. The molecular weight excluding hydrogens is 242 g/mol. The average molecular weight is 267 g/mol. The second-order valence-electron chi connectivity index (χ2n) is 5.58. The minimum atomic E-state index is -0.0338. The maximum Gasteiger partial charge on any atom is 0.0613 e. The molecule has 0 bridgehead atoms. The van der Waals surface area contributed by atoms with Crippen LogP contribution < -0.4 is 5.32 Å². The van der Waals surface area contributed by atoms with Gasteiger partial charge in [-0.05, 0) is 36.6 Å². The second-order valence-corrected chi connectivity index (χ2v) is 6.61. The summed E-state index contributed by atoms with van der Waals surface area (Å²) in [4.78, 5) is 1.36. The molecule has 3 heteroatoms. The molecule has 2 unspecified atom stereocenters. The van der Waals surface area contributed by atoms with Gasteiger partial charge in [-0.3, -0.25) is 0 Å². The fourth-order valence-electron chi connectivity index (χ4n) is 2.97. The van der Waals surface area contributed by atoms with Gasteiger partial charge in [0.1, 0.15) is 0 Å². The Balaban J connectivity index is 1.92. The first-order valence-electron chi connectivity index (χ1n) is 7.16. The van der Waals surface area contributed by atoms with Crippen LogP contribution in [-0.2, 0) is 6.54 Å². The molecule has 1 aromatic rings. The number of aliphatic hydroxyl groups excluding tert-OH is 1. The maximum absolute atomic E-state index is 9.80. The van der Waals surface area contributed by atoms with Crippen molar-refractivity contribution in [2.24, 2.45) is 5.92 Å². The van der Waals surface area contributed by atoms with E-state index in [1.807, 2.05) is 0 Å². The van der Waals surface area contributed by atoms with Crippen LogP contribution in [0.5, 0.6) is 0 Å². The summed E-state index contributed by atoms with van der Waals surface area (Å²) in [6.45, 7) is 3.46. The second kappa shape index (κ2) is 6.69. The molecule has 0 spiro atoms. The highest BCUT2D eigenvalue weighted by Crippen LogP contribution is 2.32. The lowest BCUT2D eigenvalue weighted by Crippen LogP contribution is -2.47. The molecule has 2 N–H and O–H groups in total. The van der Waals surface area contributed by atoms with Crippen LogP contribution in [0.2, 0.25) is 0 Å². The number of rotatable bonds is 5. The molecule has 0 saturated heterocycles. The molecule has 102 valence electrons. The zero-order valence-corrected chi connectivity index (χ0v) is 12.1. The monoisotopic (exact) mass is 267 g/mol. The quantitative estimate of drug-likeness (QED) is 0.800. The lowest BCUT2D eigenvalue weighted by Gasteiger charge is -2.32. The Morgan fingerprint density at radius 1 is 1.44 bits per heavy atom. The normalized spacial score (nSPS) is 29.1. The zero-order valence-electron chi connectivity index (χ0n) is 11.3. The zero-order chi connectivity index (χ0) is 12.8. The van der Waals surface area contributed by atoms with E-state index in [2.05, 4.69) is 29.8 Å². The van der Waals surface area contributed by atoms with Crippen molar-refractivity contribution in [2.75, 3.05) is 6.61 Å². The number of hydrogen-bond donors (Lipinski definition) is 2. The van der Waals surface area contributed by atoms with Gasteiger partial charge >= 0.3 is 0 Å². The van der Waals surface area contributed by atoms with Crippen LogP contribution in [0.1, 0.15) is 50.3 Å². The molecule has 1 fully saturated rings. The Bertz CT molecular complexity index is 338. The predicted octanol–water partition coefficient (Wildman–Crippen LogP) is 3.56. The molecule has 1 aliphatic carbocycles. The molecule has 0 aromatic carbocycles. The minimum Gasteiger partial charge on any atom is -0.394 e. The highest BCUT2D eigenvalue weighted by atomic mass is 32.1. The topological polar surface area (TPSA) is 32.3 Å². The van der Waals surface area contributed by atoms with Crippen molar-refractivity contribution in [1.82, 2.24) is 5.32 Å². The lowest BCUT2D eigenvalue weighted by atomic mass is 9.90. The molecule has 0 amide bonds. The van der Waals surface area contributed by atoms with E-state index in [0.717, 1.165) is 25.3 Å². The summed E-state index contributed by atoms with van der Waals surface area (Å²) in [6, 6.07) is 4.25. The minimum absolute atomic E-state index is 0.0338. The van der Waals surface area contributed by atoms with Crippen LogP contribution in [0.3, 0.4) is 0 Å². The highest BCUT2D eigenvalue weighted by molar-refractivity contribution is 7.09. The van der Waals surface area contributed by atoms with Gasteiger partial charge in [-0.25, -0.2) is 0 Å². The van der Waals surface area contributed by atoms with E-state index in [9.17, 15) is 5.11 Å². The Hall–Kier alpha value is -0.380. The van der Waals surface area contributed by atoms with Gasteiger partial charge in [0, 0.05) is 17.0 Å². The predicted molar refractivity (Wildman–Crippen MR) is 77.8 cm³/mol. The van der Waals surface area contributed by atoms with E-state index in [1.165, 1.54) is 30.6 Å². The molecule has 0 radical (unpaired) electrons. The van der Waals surface area contributed by atoms with Gasteiger partial charge in [-0.2, -0.15) is 0 Å². The molecule has 2 atom stereocenters. The molecule has 1 saturated carbocycles. The number of hydrogen-bond acceptors (Lipinski definition) is 3. The van der Waals surface area contributed by atoms with Crippen LogP contribution >= 0.6 is 11.3 Å². The van der Waals surface area contributed by atoms with E-state index in [-0.39, 0.29) is 12.1 Å². The third kappa shape index (κ3) is 3.56. The van der Waals surface area contributed by atoms with Crippen molar-refractivity contribution in [3.8, 4) is 0 Å². The first-order chi connectivity index (χ1) is 8.78. The smallest absolute Gasteiger partial charge is 0.0613 e. The van der Waals surface area contributed by atoms with Crippen molar-refractivity contribution >= 4 is 11.3 Å². The first kappa shape index (κ1) is 14.0. The van der Waals surface area contributed by atoms with Crippen molar-refractivity contribution < 1.29 is 5.11 Å². The van der Waals surface area contributed by atoms with Gasteiger partial charge in [-0.1, -0.05) is 32.3 Å². The van der Waals surface area contributed by atoms with Crippen LogP contribution in [0.25, 0.3) is 0 Å². The van der Waals surface area contributed by atoms with Crippen LogP contribution in [0.15, 0.2) is 17.5 Å². The van der Waals surface area contributed by atoms with Crippen molar-refractivity contribution in [3.63, 3.8) is 0 Å². The molecule has 0 aliphatic heterocycles. The summed E-state index contributed by atoms with van der Waals surface area (Å²) in [5, 5.41) is 15.5. The van der Waals surface area contributed by atoms with E-state index < -0.39 is 0 Å². The summed E-state index contributed by atoms with van der Waals surface area (Å²) in [6.07, 6.45) is 7.36. The first-order valence-corrected chi connectivity index (χ1v) is 8.04. The summed E-state index contributed by atoms with van der Waals surface area (Å²) in [5.74, 6) is 0.863. The largest absolute Gasteiger partial charge is 0.394 e. The molecule has 2 rings (SSSR count). The summed E-state index contributed by atoms with van der Waals surface area (Å²) in [7, 11) is 0. The molecule has 1 aliphatic rings. The van der Waals surface area contributed by atoms with Gasteiger partial charge < -0.3 is 10.4 Å². The Morgan fingerprint density at radius 2 is 2.33 bits per heavy atom. The Morgan fingerprint density at radius 3 is 3.00 bits per heavy atom. The van der Waals surface area contributed by atoms with Crippen molar-refractivity contribution in [1.29, 1.82) is 0 Å². The van der Waals surface area contributed by atoms with E-state index in [1.54, 1.807) is 11.3 Å². The lowest BCUT2D eigenvalue weighted by molar-refractivity contribution is 0.141. The number of aliphatic hydroxyl groups is 1. The average Bonchev–Trinajstić information content (AvgIpc) is 2.83. The number of thiophene rings is 1. The van der Waals surface area contributed by atoms with Gasteiger partial charge in [0.15, 0.2) is 0 Å². The van der Waals surface area contributed by atoms with E-state index in [0.29, 0.717) is 0 Å². The highest BCUT2D eigenvalue weighted by Gasteiger charge is 2.31. The van der Waals surface area contributed by atoms with E-state index in [4.69, 9.17) is 0 Å². The molecule has 2 nitrogen and oxygen atoms in total. The van der Waals surface area contributed by atoms with Crippen molar-refractivity contribution in [2.45, 2.75) is 57.5 Å². The fraction of sp³-hybridized carbons (Fsp3) is 0.733. The molecule has 1 heterocycles. The van der Waals surface area contributed by atoms with Crippen LogP contribution in [-0.4, -0.2) is 17.3 Å². The molecular formula is C15H25NOS. The third-order valence-corrected chi connectivity index (χ3v) is 5.27. The maximum atomic E-state index is 9.80.